The van der Waals surface area contributed by atoms with Gasteiger partial charge in [0, 0.05) is 17.5 Å². The summed E-state index contributed by atoms with van der Waals surface area (Å²) >= 11 is 6.12. The van der Waals surface area contributed by atoms with Crippen LogP contribution < -0.4 is 9.47 Å². The van der Waals surface area contributed by atoms with Crippen molar-refractivity contribution in [3.63, 3.8) is 0 Å². The van der Waals surface area contributed by atoms with E-state index in [1.165, 1.54) is 0 Å². The van der Waals surface area contributed by atoms with Crippen LogP contribution in [-0.2, 0) is 0 Å². The molecule has 0 aliphatic rings. The summed E-state index contributed by atoms with van der Waals surface area (Å²) in [7, 11) is 0. The van der Waals surface area contributed by atoms with Gasteiger partial charge in [-0.3, -0.25) is 0 Å². The normalized spacial score (nSPS) is 10.8. The van der Waals surface area contributed by atoms with Crippen LogP contribution in [0.3, 0.4) is 0 Å². The van der Waals surface area contributed by atoms with Crippen molar-refractivity contribution in [1.29, 1.82) is 0 Å². The number of pyridine rings is 1. The highest BCUT2D eigenvalue weighted by atomic mass is 35.5. The first-order valence-corrected chi connectivity index (χ1v) is 8.39. The van der Waals surface area contributed by atoms with E-state index in [0.29, 0.717) is 18.2 Å². The molecule has 3 aromatic rings. The standard InChI is InChI=1S/C20H20ClNO2/c1-14-7-10-17(21)19(13-14)24-12-4-11-23-18-6-3-5-16-9-8-15(2)22-20(16)18/h3,5-10,13H,4,11-12H2,1-2H3. The Kier molecular flexibility index (Phi) is 5.21. The maximum Gasteiger partial charge on any atom is 0.145 e. The van der Waals surface area contributed by atoms with E-state index < -0.39 is 0 Å². The van der Waals surface area contributed by atoms with Crippen LogP contribution in [0.5, 0.6) is 11.5 Å². The first-order valence-electron chi connectivity index (χ1n) is 8.01. The molecule has 3 rings (SSSR count). The van der Waals surface area contributed by atoms with Crippen molar-refractivity contribution in [3.05, 3.63) is 64.8 Å². The second kappa shape index (κ2) is 7.54. The second-order valence-corrected chi connectivity index (χ2v) is 6.17. The predicted molar refractivity (Wildman–Crippen MR) is 98.3 cm³/mol. The molecule has 0 spiro atoms. The number of aromatic nitrogens is 1. The zero-order valence-electron chi connectivity index (χ0n) is 13.9. The summed E-state index contributed by atoms with van der Waals surface area (Å²) in [4.78, 5) is 4.57. The van der Waals surface area contributed by atoms with Gasteiger partial charge in [-0.2, -0.15) is 0 Å². The predicted octanol–water partition coefficient (Wildman–Crippen LogP) is 5.35. The topological polar surface area (TPSA) is 31.4 Å². The molecule has 0 atom stereocenters. The Morgan fingerprint density at radius 1 is 0.917 bits per heavy atom. The Morgan fingerprint density at radius 2 is 1.71 bits per heavy atom. The van der Waals surface area contributed by atoms with Crippen molar-refractivity contribution in [3.8, 4) is 11.5 Å². The van der Waals surface area contributed by atoms with Crippen LogP contribution in [0.4, 0.5) is 0 Å². The van der Waals surface area contributed by atoms with Gasteiger partial charge in [-0.1, -0.05) is 35.9 Å². The molecule has 3 nitrogen and oxygen atoms in total. The number of para-hydroxylation sites is 1. The molecule has 0 bridgehead atoms. The molecule has 124 valence electrons. The molecule has 0 saturated heterocycles. The van der Waals surface area contributed by atoms with Crippen molar-refractivity contribution in [2.75, 3.05) is 13.2 Å². The van der Waals surface area contributed by atoms with Crippen LogP contribution >= 0.6 is 11.6 Å². The maximum atomic E-state index is 6.12. The highest BCUT2D eigenvalue weighted by Crippen LogP contribution is 2.26. The van der Waals surface area contributed by atoms with E-state index in [4.69, 9.17) is 21.1 Å². The van der Waals surface area contributed by atoms with E-state index in [2.05, 4.69) is 11.1 Å². The monoisotopic (exact) mass is 341 g/mol. The summed E-state index contributed by atoms with van der Waals surface area (Å²) in [5.41, 5.74) is 3.01. The molecule has 0 aliphatic carbocycles. The lowest BCUT2D eigenvalue weighted by Gasteiger charge is -2.11. The van der Waals surface area contributed by atoms with Crippen molar-refractivity contribution in [1.82, 2.24) is 4.98 Å². The first-order chi connectivity index (χ1) is 11.6. The average Bonchev–Trinajstić information content (AvgIpc) is 2.58. The maximum absolute atomic E-state index is 6.12. The molecule has 2 aromatic carbocycles. The number of hydrogen-bond donors (Lipinski definition) is 0. The van der Waals surface area contributed by atoms with Crippen LogP contribution in [0.15, 0.2) is 48.5 Å². The van der Waals surface area contributed by atoms with E-state index in [1.54, 1.807) is 0 Å². The number of rotatable bonds is 6. The van der Waals surface area contributed by atoms with Gasteiger partial charge in [0.15, 0.2) is 0 Å². The Labute approximate surface area is 147 Å². The number of fused-ring (bicyclic) bond motifs is 1. The summed E-state index contributed by atoms with van der Waals surface area (Å²) in [6.45, 7) is 5.12. The number of halogens is 1. The fraction of sp³-hybridized carbons (Fsp3) is 0.250. The van der Waals surface area contributed by atoms with Crippen LogP contribution in [0, 0.1) is 13.8 Å². The lowest BCUT2D eigenvalue weighted by Crippen LogP contribution is -2.06. The van der Waals surface area contributed by atoms with Gasteiger partial charge in [-0.05, 0) is 43.7 Å². The molecule has 0 aliphatic heterocycles. The van der Waals surface area contributed by atoms with E-state index in [-0.39, 0.29) is 0 Å². The molecule has 4 heteroatoms. The SMILES string of the molecule is Cc1ccc(Cl)c(OCCCOc2cccc3ccc(C)nc23)c1. The van der Waals surface area contributed by atoms with E-state index in [0.717, 1.165) is 40.1 Å². The lowest BCUT2D eigenvalue weighted by atomic mass is 10.2. The minimum Gasteiger partial charge on any atom is -0.492 e. The number of ether oxygens (including phenoxy) is 2. The van der Waals surface area contributed by atoms with Crippen molar-refractivity contribution in [2.24, 2.45) is 0 Å². The summed E-state index contributed by atoms with van der Waals surface area (Å²) in [5.74, 6) is 1.53. The second-order valence-electron chi connectivity index (χ2n) is 5.76. The Bertz CT molecular complexity index is 848. The quantitative estimate of drug-likeness (QED) is 0.566. The number of aryl methyl sites for hydroxylation is 2. The summed E-state index contributed by atoms with van der Waals surface area (Å²) < 4.78 is 11.6. The zero-order chi connectivity index (χ0) is 16.9. The van der Waals surface area contributed by atoms with Crippen LogP contribution in [0.1, 0.15) is 17.7 Å². The van der Waals surface area contributed by atoms with Gasteiger partial charge in [-0.15, -0.1) is 0 Å². The smallest absolute Gasteiger partial charge is 0.145 e. The van der Waals surface area contributed by atoms with Crippen molar-refractivity contribution < 1.29 is 9.47 Å². The van der Waals surface area contributed by atoms with Gasteiger partial charge >= 0.3 is 0 Å². The molecule has 0 radical (unpaired) electrons. The lowest BCUT2D eigenvalue weighted by molar-refractivity contribution is 0.249. The Hall–Kier alpha value is -2.26. The number of hydrogen-bond acceptors (Lipinski definition) is 3. The fourth-order valence-electron chi connectivity index (χ4n) is 2.48. The highest BCUT2D eigenvalue weighted by Gasteiger charge is 2.05. The third kappa shape index (κ3) is 3.98. The fourth-order valence-corrected chi connectivity index (χ4v) is 2.65. The molecular formula is C20H20ClNO2. The molecule has 0 unspecified atom stereocenters. The molecule has 0 N–H and O–H groups in total. The molecular weight excluding hydrogens is 322 g/mol. The van der Waals surface area contributed by atoms with Gasteiger partial charge in [-0.25, -0.2) is 4.98 Å². The molecule has 1 aromatic heterocycles. The van der Waals surface area contributed by atoms with Crippen molar-refractivity contribution >= 4 is 22.5 Å². The molecule has 0 saturated carbocycles. The third-order valence-electron chi connectivity index (χ3n) is 3.71. The highest BCUT2D eigenvalue weighted by molar-refractivity contribution is 6.32. The molecule has 0 fully saturated rings. The Morgan fingerprint density at radius 3 is 2.54 bits per heavy atom. The van der Waals surface area contributed by atoms with Crippen LogP contribution in [-0.4, -0.2) is 18.2 Å². The third-order valence-corrected chi connectivity index (χ3v) is 4.03. The summed E-state index contributed by atoms with van der Waals surface area (Å²) in [6.07, 6.45) is 0.770. The van der Waals surface area contributed by atoms with Gasteiger partial charge in [0.1, 0.15) is 17.0 Å². The van der Waals surface area contributed by atoms with Crippen LogP contribution in [0.2, 0.25) is 5.02 Å². The largest absolute Gasteiger partial charge is 0.492 e. The van der Waals surface area contributed by atoms with E-state index >= 15 is 0 Å². The molecule has 24 heavy (non-hydrogen) atoms. The van der Waals surface area contributed by atoms with E-state index in [9.17, 15) is 0 Å². The number of benzene rings is 2. The van der Waals surface area contributed by atoms with Crippen LogP contribution in [0.25, 0.3) is 10.9 Å². The van der Waals surface area contributed by atoms with Gasteiger partial charge in [0.2, 0.25) is 0 Å². The van der Waals surface area contributed by atoms with E-state index in [1.807, 2.05) is 56.3 Å². The minimum atomic E-state index is 0.556. The number of nitrogens with zero attached hydrogens (tertiary/aromatic N) is 1. The van der Waals surface area contributed by atoms with Gasteiger partial charge in [0.05, 0.1) is 18.2 Å². The van der Waals surface area contributed by atoms with Gasteiger partial charge in [0.25, 0.3) is 0 Å². The Balaban J connectivity index is 1.55. The van der Waals surface area contributed by atoms with Crippen molar-refractivity contribution in [2.45, 2.75) is 20.3 Å². The average molecular weight is 342 g/mol. The zero-order valence-corrected chi connectivity index (χ0v) is 14.6. The summed E-state index contributed by atoms with van der Waals surface area (Å²) in [6, 6.07) is 15.8. The minimum absolute atomic E-state index is 0.556. The van der Waals surface area contributed by atoms with Gasteiger partial charge < -0.3 is 9.47 Å². The summed E-state index contributed by atoms with van der Waals surface area (Å²) in [5, 5.41) is 1.72. The first kappa shape index (κ1) is 16.6. The molecule has 0 amide bonds. The molecule has 1 heterocycles.